The van der Waals surface area contributed by atoms with Crippen molar-refractivity contribution in [2.75, 3.05) is 13.1 Å². The van der Waals surface area contributed by atoms with E-state index in [1.807, 2.05) is 0 Å². The van der Waals surface area contributed by atoms with Crippen LogP contribution in [0.4, 0.5) is 0 Å². The number of hydrogen-bond acceptors (Lipinski definition) is 4. The Kier molecular flexibility index (Phi) is 4.79. The Morgan fingerprint density at radius 1 is 0.960 bits per heavy atom. The van der Waals surface area contributed by atoms with E-state index in [0.717, 1.165) is 10.5 Å². The molecule has 2 aromatic rings. The number of rotatable bonds is 6. The Bertz CT molecular complexity index is 779. The van der Waals surface area contributed by atoms with Gasteiger partial charge in [-0.2, -0.15) is 0 Å². The fourth-order valence-corrected chi connectivity index (χ4v) is 2.75. The number of imide groups is 1. The van der Waals surface area contributed by atoms with Crippen LogP contribution >= 0.6 is 0 Å². The molecule has 2 aromatic carbocycles. The zero-order chi connectivity index (χ0) is 17.8. The highest BCUT2D eigenvalue weighted by atomic mass is 16.3. The van der Waals surface area contributed by atoms with Crippen molar-refractivity contribution in [3.63, 3.8) is 0 Å². The maximum absolute atomic E-state index is 12.2. The summed E-state index contributed by atoms with van der Waals surface area (Å²) < 4.78 is 0. The Morgan fingerprint density at radius 3 is 2.16 bits per heavy atom. The number of phenolic OH excluding ortho intramolecular Hbond substituents is 1. The number of amides is 3. The summed E-state index contributed by atoms with van der Waals surface area (Å²) in [6, 6.07) is 13.4. The maximum Gasteiger partial charge on any atom is 0.261 e. The van der Waals surface area contributed by atoms with E-state index >= 15 is 0 Å². The summed E-state index contributed by atoms with van der Waals surface area (Å²) in [5, 5.41) is 12.0. The van der Waals surface area contributed by atoms with Crippen LogP contribution in [0.15, 0.2) is 48.5 Å². The first-order chi connectivity index (χ1) is 12.1. The van der Waals surface area contributed by atoms with Gasteiger partial charge < -0.3 is 10.4 Å². The molecule has 0 spiro atoms. The van der Waals surface area contributed by atoms with E-state index in [0.29, 0.717) is 24.1 Å². The minimum Gasteiger partial charge on any atom is -0.508 e. The highest BCUT2D eigenvalue weighted by Crippen LogP contribution is 2.22. The van der Waals surface area contributed by atoms with Crippen molar-refractivity contribution in [1.29, 1.82) is 0 Å². The Hall–Kier alpha value is -3.15. The molecule has 0 unspecified atom stereocenters. The molecule has 0 aromatic heterocycles. The van der Waals surface area contributed by atoms with Crippen LogP contribution < -0.4 is 5.32 Å². The zero-order valence-corrected chi connectivity index (χ0v) is 13.6. The number of carbonyl (C=O) groups excluding carboxylic acids is 3. The second-order valence-electron chi connectivity index (χ2n) is 5.82. The number of nitrogens with one attached hydrogen (secondary N) is 1. The van der Waals surface area contributed by atoms with Crippen molar-refractivity contribution in [1.82, 2.24) is 10.2 Å². The number of fused-ring (bicyclic) bond motifs is 1. The van der Waals surface area contributed by atoms with Crippen molar-refractivity contribution in [2.45, 2.75) is 12.8 Å². The lowest BCUT2D eigenvalue weighted by Crippen LogP contribution is -2.35. The molecule has 1 aliphatic rings. The van der Waals surface area contributed by atoms with E-state index < -0.39 is 0 Å². The lowest BCUT2D eigenvalue weighted by atomic mass is 10.1. The SMILES string of the molecule is O=C(CCN1C(=O)c2ccccc2C1=O)NCCc1ccc(O)cc1. The first-order valence-corrected chi connectivity index (χ1v) is 8.06. The molecule has 0 saturated heterocycles. The van der Waals surface area contributed by atoms with E-state index in [4.69, 9.17) is 0 Å². The fraction of sp³-hybridized carbons (Fsp3) is 0.211. The van der Waals surface area contributed by atoms with Crippen LogP contribution in [0.5, 0.6) is 5.75 Å². The molecule has 0 bridgehead atoms. The van der Waals surface area contributed by atoms with Crippen LogP contribution in [0.3, 0.4) is 0 Å². The molecule has 0 fully saturated rings. The molecular formula is C19H18N2O4. The van der Waals surface area contributed by atoms with E-state index in [2.05, 4.69) is 5.32 Å². The molecule has 0 radical (unpaired) electrons. The minimum atomic E-state index is -0.350. The van der Waals surface area contributed by atoms with Crippen LogP contribution in [-0.4, -0.2) is 40.8 Å². The van der Waals surface area contributed by atoms with E-state index in [-0.39, 0.29) is 36.4 Å². The summed E-state index contributed by atoms with van der Waals surface area (Å²) in [4.78, 5) is 37.4. The smallest absolute Gasteiger partial charge is 0.261 e. The highest BCUT2D eigenvalue weighted by Gasteiger charge is 2.34. The summed E-state index contributed by atoms with van der Waals surface area (Å²) in [5.41, 5.74) is 1.78. The standard InChI is InChI=1S/C19H18N2O4/c22-14-7-5-13(6-8-14)9-11-20-17(23)10-12-21-18(24)15-3-1-2-4-16(15)19(21)25/h1-8,22H,9-12H2,(H,20,23). The number of carbonyl (C=O) groups is 3. The molecule has 3 amide bonds. The third kappa shape index (κ3) is 3.68. The van der Waals surface area contributed by atoms with Gasteiger partial charge in [0.1, 0.15) is 5.75 Å². The Labute approximate surface area is 145 Å². The van der Waals surface area contributed by atoms with Crippen LogP contribution in [0.2, 0.25) is 0 Å². The van der Waals surface area contributed by atoms with Gasteiger partial charge in [0.25, 0.3) is 11.8 Å². The van der Waals surface area contributed by atoms with Gasteiger partial charge in [-0.3, -0.25) is 19.3 Å². The lowest BCUT2D eigenvalue weighted by molar-refractivity contribution is -0.121. The summed E-state index contributed by atoms with van der Waals surface area (Å²) >= 11 is 0. The molecule has 128 valence electrons. The third-order valence-corrected chi connectivity index (χ3v) is 4.11. The van der Waals surface area contributed by atoms with Gasteiger partial charge in [0.15, 0.2) is 0 Å². The molecule has 6 nitrogen and oxygen atoms in total. The van der Waals surface area contributed by atoms with Gasteiger partial charge in [0.05, 0.1) is 11.1 Å². The predicted octanol–water partition coefficient (Wildman–Crippen LogP) is 1.74. The number of hydrogen-bond donors (Lipinski definition) is 2. The molecule has 2 N–H and O–H groups in total. The zero-order valence-electron chi connectivity index (χ0n) is 13.6. The average Bonchev–Trinajstić information content (AvgIpc) is 2.86. The molecule has 1 heterocycles. The van der Waals surface area contributed by atoms with Gasteiger partial charge in [0.2, 0.25) is 5.91 Å². The minimum absolute atomic E-state index is 0.0669. The van der Waals surface area contributed by atoms with Crippen molar-refractivity contribution in [2.24, 2.45) is 0 Å². The fourth-order valence-electron chi connectivity index (χ4n) is 2.75. The van der Waals surface area contributed by atoms with Gasteiger partial charge in [-0.15, -0.1) is 0 Å². The molecule has 1 aliphatic heterocycles. The van der Waals surface area contributed by atoms with Gasteiger partial charge in [-0.1, -0.05) is 24.3 Å². The van der Waals surface area contributed by atoms with Crippen LogP contribution in [-0.2, 0) is 11.2 Å². The van der Waals surface area contributed by atoms with Crippen molar-refractivity contribution in [3.05, 3.63) is 65.2 Å². The normalized spacial score (nSPS) is 13.0. The van der Waals surface area contributed by atoms with Crippen molar-refractivity contribution in [3.8, 4) is 5.75 Å². The number of benzene rings is 2. The summed E-state index contributed by atoms with van der Waals surface area (Å²) in [6.07, 6.45) is 0.708. The third-order valence-electron chi connectivity index (χ3n) is 4.11. The van der Waals surface area contributed by atoms with Gasteiger partial charge in [-0.25, -0.2) is 0 Å². The van der Waals surface area contributed by atoms with Crippen LogP contribution in [0.25, 0.3) is 0 Å². The second kappa shape index (κ2) is 7.17. The lowest BCUT2D eigenvalue weighted by Gasteiger charge is -2.13. The number of nitrogens with zero attached hydrogens (tertiary/aromatic N) is 1. The summed E-state index contributed by atoms with van der Waals surface area (Å²) in [6.45, 7) is 0.517. The van der Waals surface area contributed by atoms with Gasteiger partial charge in [-0.05, 0) is 36.2 Å². The molecule has 0 atom stereocenters. The van der Waals surface area contributed by atoms with Gasteiger partial charge >= 0.3 is 0 Å². The number of aromatic hydroxyl groups is 1. The topological polar surface area (TPSA) is 86.7 Å². The summed E-state index contributed by atoms with van der Waals surface area (Å²) in [7, 11) is 0. The second-order valence-corrected chi connectivity index (χ2v) is 5.82. The maximum atomic E-state index is 12.2. The molecule has 25 heavy (non-hydrogen) atoms. The molecule has 3 rings (SSSR count). The Morgan fingerprint density at radius 2 is 1.56 bits per heavy atom. The number of phenols is 1. The molecule has 6 heteroatoms. The molecule has 0 saturated carbocycles. The van der Waals surface area contributed by atoms with Crippen LogP contribution in [0.1, 0.15) is 32.7 Å². The highest BCUT2D eigenvalue weighted by molar-refractivity contribution is 6.21. The monoisotopic (exact) mass is 338 g/mol. The first-order valence-electron chi connectivity index (χ1n) is 8.06. The van der Waals surface area contributed by atoms with Crippen LogP contribution in [0, 0.1) is 0 Å². The quantitative estimate of drug-likeness (QED) is 0.786. The Balaban J connectivity index is 1.46. The molecular weight excluding hydrogens is 320 g/mol. The largest absolute Gasteiger partial charge is 0.508 e. The van der Waals surface area contributed by atoms with E-state index in [1.165, 1.54) is 0 Å². The van der Waals surface area contributed by atoms with E-state index in [9.17, 15) is 19.5 Å². The van der Waals surface area contributed by atoms with E-state index in [1.54, 1.807) is 48.5 Å². The first kappa shape index (κ1) is 16.7. The van der Waals surface area contributed by atoms with Gasteiger partial charge in [0, 0.05) is 19.5 Å². The van der Waals surface area contributed by atoms with Crippen molar-refractivity contribution >= 4 is 17.7 Å². The molecule has 0 aliphatic carbocycles. The van der Waals surface area contributed by atoms with Crippen molar-refractivity contribution < 1.29 is 19.5 Å². The average molecular weight is 338 g/mol. The summed E-state index contributed by atoms with van der Waals surface area (Å²) in [5.74, 6) is -0.709. The predicted molar refractivity (Wildman–Crippen MR) is 91.2 cm³/mol.